The molecular weight excluding hydrogens is 442 g/mol. The van der Waals surface area contributed by atoms with Crippen LogP contribution in [-0.2, 0) is 14.3 Å². The number of nitrogens with one attached hydrogen (secondary N) is 2. The maximum Gasteiger partial charge on any atom is 0.308 e. The highest BCUT2D eigenvalue weighted by Gasteiger charge is 2.34. The van der Waals surface area contributed by atoms with E-state index in [0.29, 0.717) is 31.0 Å². The van der Waals surface area contributed by atoms with E-state index in [1.165, 1.54) is 0 Å². The average Bonchev–Trinajstić information content (AvgIpc) is 2.79. The van der Waals surface area contributed by atoms with Gasteiger partial charge in [0.25, 0.3) is 5.91 Å². The number of piperazine rings is 1. The van der Waals surface area contributed by atoms with Crippen molar-refractivity contribution in [3.8, 4) is 5.75 Å². The molecule has 33 heavy (non-hydrogen) atoms. The van der Waals surface area contributed by atoms with E-state index in [1.54, 1.807) is 23.1 Å². The molecule has 0 aromatic heterocycles. The van der Waals surface area contributed by atoms with Crippen LogP contribution in [0.4, 0.5) is 0 Å². The molecular formula is C24H35N3O5S. The summed E-state index contributed by atoms with van der Waals surface area (Å²) >= 11 is 5.44. The lowest BCUT2D eigenvalue weighted by Gasteiger charge is -2.36. The molecule has 0 spiro atoms. The maximum absolute atomic E-state index is 12.9. The van der Waals surface area contributed by atoms with Crippen LogP contribution in [0.3, 0.4) is 0 Å². The number of para-hydroxylation sites is 1. The first-order valence-corrected chi connectivity index (χ1v) is 12.0. The van der Waals surface area contributed by atoms with Crippen LogP contribution in [-0.4, -0.2) is 60.1 Å². The van der Waals surface area contributed by atoms with Gasteiger partial charge >= 0.3 is 5.97 Å². The fourth-order valence-corrected chi connectivity index (χ4v) is 3.68. The minimum absolute atomic E-state index is 0.0919. The van der Waals surface area contributed by atoms with Gasteiger partial charge in [0.1, 0.15) is 11.8 Å². The molecule has 1 unspecified atom stereocenters. The Hall–Kier alpha value is -2.68. The van der Waals surface area contributed by atoms with Crippen LogP contribution in [0.25, 0.3) is 0 Å². The Morgan fingerprint density at radius 1 is 1.24 bits per heavy atom. The normalized spacial score (nSPS) is 15.7. The second-order valence-corrected chi connectivity index (χ2v) is 8.83. The highest BCUT2D eigenvalue weighted by Crippen LogP contribution is 2.19. The number of esters is 1. The molecule has 0 radical (unpaired) electrons. The van der Waals surface area contributed by atoms with Crippen LogP contribution < -0.4 is 15.4 Å². The largest absolute Gasteiger partial charge is 0.493 e. The van der Waals surface area contributed by atoms with Crippen molar-refractivity contribution in [3.05, 3.63) is 29.8 Å². The number of hydrogen-bond donors (Lipinski definition) is 2. The molecule has 0 aliphatic carbocycles. The average molecular weight is 478 g/mol. The summed E-state index contributed by atoms with van der Waals surface area (Å²) in [4.78, 5) is 39.2. The van der Waals surface area contributed by atoms with E-state index in [2.05, 4.69) is 17.6 Å². The quantitative estimate of drug-likeness (QED) is 0.287. The van der Waals surface area contributed by atoms with Gasteiger partial charge in [0.2, 0.25) is 5.91 Å². The van der Waals surface area contributed by atoms with E-state index in [1.807, 2.05) is 19.9 Å². The molecule has 1 fully saturated rings. The lowest BCUT2D eigenvalue weighted by molar-refractivity contribution is -0.148. The van der Waals surface area contributed by atoms with Crippen molar-refractivity contribution in [3.63, 3.8) is 0 Å². The number of unbranched alkanes of at least 4 members (excludes halogenated alkanes) is 3. The van der Waals surface area contributed by atoms with E-state index < -0.39 is 17.9 Å². The molecule has 1 atom stereocenters. The molecule has 1 aromatic carbocycles. The van der Waals surface area contributed by atoms with Crippen molar-refractivity contribution in [1.29, 1.82) is 0 Å². The first-order valence-electron chi connectivity index (χ1n) is 11.6. The van der Waals surface area contributed by atoms with Gasteiger partial charge in [-0.2, -0.15) is 0 Å². The van der Waals surface area contributed by atoms with Gasteiger partial charge in [0.15, 0.2) is 5.11 Å². The molecule has 182 valence electrons. The molecule has 2 rings (SSSR count). The minimum atomic E-state index is -0.837. The molecule has 1 saturated heterocycles. The Morgan fingerprint density at radius 3 is 2.73 bits per heavy atom. The van der Waals surface area contributed by atoms with Gasteiger partial charge in [-0.05, 0) is 36.7 Å². The van der Waals surface area contributed by atoms with Crippen LogP contribution in [0.1, 0.15) is 63.2 Å². The topological polar surface area (TPSA) is 97.0 Å². The molecule has 1 heterocycles. The van der Waals surface area contributed by atoms with Gasteiger partial charge in [-0.15, -0.1) is 0 Å². The molecule has 1 aliphatic rings. The summed E-state index contributed by atoms with van der Waals surface area (Å²) in [6, 6.07) is 6.15. The van der Waals surface area contributed by atoms with Crippen molar-refractivity contribution in [2.24, 2.45) is 5.92 Å². The highest BCUT2D eigenvalue weighted by atomic mass is 32.1. The molecule has 1 aromatic rings. The van der Waals surface area contributed by atoms with Gasteiger partial charge in [0, 0.05) is 13.1 Å². The van der Waals surface area contributed by atoms with E-state index in [-0.39, 0.29) is 30.0 Å². The number of carbonyl (C=O) groups excluding carboxylic acids is 3. The predicted octanol–water partition coefficient (Wildman–Crippen LogP) is 3.05. The Morgan fingerprint density at radius 2 is 2.00 bits per heavy atom. The summed E-state index contributed by atoms with van der Waals surface area (Å²) in [5.74, 6) is -0.544. The SMILES string of the molecule is CCCCCCOc1ccccc1C(=O)NC(=S)N1CCNC(=O)C1CC(=O)OCC(C)C. The number of ether oxygens (including phenoxy) is 2. The minimum Gasteiger partial charge on any atom is -0.493 e. The third-order valence-electron chi connectivity index (χ3n) is 5.14. The number of benzene rings is 1. The number of thiocarbonyl (C=S) groups is 1. The molecule has 1 aliphatic heterocycles. The second-order valence-electron chi connectivity index (χ2n) is 8.45. The van der Waals surface area contributed by atoms with Crippen molar-refractivity contribution in [1.82, 2.24) is 15.5 Å². The Labute approximate surface area is 201 Å². The lowest BCUT2D eigenvalue weighted by atomic mass is 10.1. The molecule has 0 bridgehead atoms. The summed E-state index contributed by atoms with van der Waals surface area (Å²) in [7, 11) is 0. The Kier molecular flexibility index (Phi) is 11.1. The van der Waals surface area contributed by atoms with Crippen molar-refractivity contribution in [2.45, 2.75) is 58.9 Å². The van der Waals surface area contributed by atoms with Gasteiger partial charge in [-0.25, -0.2) is 0 Å². The first kappa shape index (κ1) is 26.6. The Balaban J connectivity index is 2.01. The van der Waals surface area contributed by atoms with E-state index in [4.69, 9.17) is 21.7 Å². The molecule has 2 N–H and O–H groups in total. The van der Waals surface area contributed by atoms with Crippen LogP contribution in [0.5, 0.6) is 5.75 Å². The third kappa shape index (κ3) is 8.64. The van der Waals surface area contributed by atoms with Crippen molar-refractivity contribution in [2.75, 3.05) is 26.3 Å². The van der Waals surface area contributed by atoms with Gasteiger partial charge in [-0.3, -0.25) is 19.7 Å². The molecule has 2 amide bonds. The molecule has 8 nitrogen and oxygen atoms in total. The predicted molar refractivity (Wildman–Crippen MR) is 130 cm³/mol. The monoisotopic (exact) mass is 477 g/mol. The van der Waals surface area contributed by atoms with Crippen molar-refractivity contribution < 1.29 is 23.9 Å². The van der Waals surface area contributed by atoms with Gasteiger partial charge < -0.3 is 19.7 Å². The summed E-state index contributed by atoms with van der Waals surface area (Å²) < 4.78 is 11.0. The van der Waals surface area contributed by atoms with Crippen LogP contribution >= 0.6 is 12.2 Å². The van der Waals surface area contributed by atoms with Crippen molar-refractivity contribution >= 4 is 35.1 Å². The number of carbonyl (C=O) groups is 3. The standard InChI is InChI=1S/C24H35N3O5S/c1-4-5-6-9-14-31-20-11-8-7-10-18(20)22(29)26-24(33)27-13-12-25-23(30)19(27)15-21(28)32-16-17(2)3/h7-8,10-11,17,19H,4-6,9,12-16H2,1-3H3,(H,25,30)(H,26,29,33). The fraction of sp³-hybridized carbons (Fsp3) is 0.583. The van der Waals surface area contributed by atoms with Crippen LogP contribution in [0.2, 0.25) is 0 Å². The van der Waals surface area contributed by atoms with E-state index in [0.717, 1.165) is 25.7 Å². The zero-order chi connectivity index (χ0) is 24.2. The van der Waals surface area contributed by atoms with E-state index in [9.17, 15) is 14.4 Å². The summed E-state index contributed by atoms with van der Waals surface area (Å²) in [5.41, 5.74) is 0.365. The number of nitrogens with zero attached hydrogens (tertiary/aromatic N) is 1. The summed E-state index contributed by atoms with van der Waals surface area (Å²) in [5, 5.41) is 5.53. The smallest absolute Gasteiger partial charge is 0.308 e. The number of rotatable bonds is 11. The molecule has 9 heteroatoms. The van der Waals surface area contributed by atoms with Gasteiger partial charge in [-0.1, -0.05) is 52.2 Å². The zero-order valence-corrected chi connectivity index (χ0v) is 20.5. The molecule has 0 saturated carbocycles. The zero-order valence-electron chi connectivity index (χ0n) is 19.7. The number of amides is 2. The van der Waals surface area contributed by atoms with Gasteiger partial charge in [0.05, 0.1) is 25.2 Å². The summed E-state index contributed by atoms with van der Waals surface area (Å²) in [6.45, 7) is 7.57. The number of hydrogen-bond acceptors (Lipinski definition) is 6. The first-order chi connectivity index (χ1) is 15.8. The maximum atomic E-state index is 12.9. The Bertz CT molecular complexity index is 830. The van der Waals surface area contributed by atoms with Crippen LogP contribution in [0.15, 0.2) is 24.3 Å². The fourth-order valence-electron chi connectivity index (χ4n) is 3.36. The highest BCUT2D eigenvalue weighted by molar-refractivity contribution is 7.80. The second kappa shape index (κ2) is 13.8. The van der Waals surface area contributed by atoms with E-state index >= 15 is 0 Å². The summed E-state index contributed by atoms with van der Waals surface area (Å²) in [6.07, 6.45) is 4.13. The third-order valence-corrected chi connectivity index (χ3v) is 5.47. The van der Waals surface area contributed by atoms with Crippen LogP contribution in [0, 0.1) is 5.92 Å². The lowest BCUT2D eigenvalue weighted by Crippen LogP contribution is -2.60.